The summed E-state index contributed by atoms with van der Waals surface area (Å²) in [4.78, 5) is 17.9. The Morgan fingerprint density at radius 1 is 1.18 bits per heavy atom. The minimum Gasteiger partial charge on any atom is -0.487 e. The first kappa shape index (κ1) is 23.0. The first-order valence-corrected chi connectivity index (χ1v) is 10.8. The number of hydrogen-bond acceptors (Lipinski definition) is 4. The average molecular weight is 478 g/mol. The molecule has 1 fully saturated rings. The third kappa shape index (κ3) is 5.27. The molecule has 174 valence electrons. The number of anilines is 1. The molecule has 1 saturated heterocycles. The van der Waals surface area contributed by atoms with E-state index in [4.69, 9.17) is 16.3 Å². The van der Waals surface area contributed by atoms with Gasteiger partial charge in [-0.1, -0.05) is 30.3 Å². The Morgan fingerprint density at radius 3 is 2.61 bits per heavy atom. The van der Waals surface area contributed by atoms with Gasteiger partial charge in [-0.25, -0.2) is 0 Å². The first-order chi connectivity index (χ1) is 15.7. The van der Waals surface area contributed by atoms with Gasteiger partial charge in [0.25, 0.3) is 0 Å². The van der Waals surface area contributed by atoms with E-state index < -0.39 is 11.7 Å². The van der Waals surface area contributed by atoms with Crippen molar-refractivity contribution in [3.8, 4) is 5.75 Å². The zero-order chi connectivity index (χ0) is 23.6. The molecule has 0 radical (unpaired) electrons. The maximum absolute atomic E-state index is 12.7. The maximum Gasteiger partial charge on any atom is 0.416 e. The predicted molar refractivity (Wildman–Crippen MR) is 121 cm³/mol. The van der Waals surface area contributed by atoms with E-state index in [-0.39, 0.29) is 18.6 Å². The standard InChI is InChI=1S/C24H23ClF3N3O2/c1-2-23(32)29-10-9-20(14-29)31-12-11-30(16-31)19-7-8-22(21(25)13-19)33-15-17-3-5-18(6-4-17)24(26,27)28/h2-8,11-13,20H,1,9-10,14-16H2/t20-/m1/s1. The van der Waals surface area contributed by atoms with E-state index in [0.29, 0.717) is 29.5 Å². The largest absolute Gasteiger partial charge is 0.487 e. The van der Waals surface area contributed by atoms with Crippen molar-refractivity contribution in [3.63, 3.8) is 0 Å². The highest BCUT2D eigenvalue weighted by Gasteiger charge is 2.31. The van der Waals surface area contributed by atoms with E-state index >= 15 is 0 Å². The Morgan fingerprint density at radius 2 is 1.94 bits per heavy atom. The van der Waals surface area contributed by atoms with Crippen LogP contribution in [-0.4, -0.2) is 41.5 Å². The second-order valence-electron chi connectivity index (χ2n) is 7.95. The number of ether oxygens (including phenoxy) is 1. The van der Waals surface area contributed by atoms with Gasteiger partial charge in [-0.05, 0) is 48.4 Å². The first-order valence-electron chi connectivity index (χ1n) is 10.4. The van der Waals surface area contributed by atoms with E-state index in [1.807, 2.05) is 23.4 Å². The normalized spacial score (nSPS) is 18.2. The van der Waals surface area contributed by atoms with E-state index in [9.17, 15) is 18.0 Å². The highest BCUT2D eigenvalue weighted by Crippen LogP contribution is 2.33. The van der Waals surface area contributed by atoms with Crippen LogP contribution in [0.15, 0.2) is 67.5 Å². The lowest BCUT2D eigenvalue weighted by atomic mass is 10.1. The van der Waals surface area contributed by atoms with Gasteiger partial charge >= 0.3 is 6.18 Å². The molecule has 9 heteroatoms. The molecular weight excluding hydrogens is 455 g/mol. The number of nitrogens with zero attached hydrogens (tertiary/aromatic N) is 3. The lowest BCUT2D eigenvalue weighted by Crippen LogP contribution is -2.37. The molecule has 1 atom stereocenters. The van der Waals surface area contributed by atoms with Gasteiger partial charge in [0.1, 0.15) is 12.4 Å². The molecular formula is C24H23ClF3N3O2. The Bertz CT molecular complexity index is 1060. The fourth-order valence-electron chi connectivity index (χ4n) is 3.92. The number of carbonyl (C=O) groups excluding carboxylic acids is 1. The third-order valence-corrected chi connectivity index (χ3v) is 6.09. The highest BCUT2D eigenvalue weighted by molar-refractivity contribution is 6.32. The summed E-state index contributed by atoms with van der Waals surface area (Å²) >= 11 is 6.40. The number of amides is 1. The summed E-state index contributed by atoms with van der Waals surface area (Å²) in [6.45, 7) is 5.68. The number of likely N-dealkylation sites (tertiary alicyclic amines) is 1. The molecule has 0 N–H and O–H groups in total. The monoisotopic (exact) mass is 477 g/mol. The van der Waals surface area contributed by atoms with Crippen LogP contribution in [0.25, 0.3) is 0 Å². The van der Waals surface area contributed by atoms with Gasteiger partial charge in [0, 0.05) is 37.2 Å². The molecule has 2 aromatic carbocycles. The van der Waals surface area contributed by atoms with Gasteiger partial charge in [-0.3, -0.25) is 4.79 Å². The second kappa shape index (κ2) is 9.39. The van der Waals surface area contributed by atoms with E-state index in [1.54, 1.807) is 17.0 Å². The van der Waals surface area contributed by atoms with Gasteiger partial charge < -0.3 is 19.4 Å². The lowest BCUT2D eigenvalue weighted by molar-refractivity contribution is -0.137. The van der Waals surface area contributed by atoms with Crippen LogP contribution in [0.2, 0.25) is 5.02 Å². The van der Waals surface area contributed by atoms with Crippen molar-refractivity contribution in [2.75, 3.05) is 24.7 Å². The number of benzene rings is 2. The Labute approximate surface area is 195 Å². The highest BCUT2D eigenvalue weighted by atomic mass is 35.5. The van der Waals surface area contributed by atoms with Crippen molar-refractivity contribution < 1.29 is 22.7 Å². The molecule has 1 amide bonds. The van der Waals surface area contributed by atoms with Crippen LogP contribution in [0.3, 0.4) is 0 Å². The molecule has 0 bridgehead atoms. The van der Waals surface area contributed by atoms with Gasteiger partial charge in [-0.2, -0.15) is 13.2 Å². The molecule has 0 spiro atoms. The molecule has 2 aromatic rings. The van der Waals surface area contributed by atoms with Crippen molar-refractivity contribution >= 4 is 23.2 Å². The Hall–Kier alpha value is -3.13. The number of halogens is 4. The van der Waals surface area contributed by atoms with Crippen molar-refractivity contribution in [1.29, 1.82) is 0 Å². The van der Waals surface area contributed by atoms with Gasteiger partial charge in [0.2, 0.25) is 5.91 Å². The number of rotatable bonds is 6. The molecule has 4 rings (SSSR count). The zero-order valence-electron chi connectivity index (χ0n) is 17.8. The SMILES string of the molecule is C=CC(=O)N1CC[C@@H](N2C=CN(c3ccc(OCc4ccc(C(F)(F)F)cc4)c(Cl)c3)C2)C1. The summed E-state index contributed by atoms with van der Waals surface area (Å²) in [6, 6.07) is 10.5. The Kier molecular flexibility index (Phi) is 6.56. The molecule has 5 nitrogen and oxygen atoms in total. The van der Waals surface area contributed by atoms with E-state index in [1.165, 1.54) is 18.2 Å². The fraction of sp³-hybridized carbons (Fsp3) is 0.292. The number of hydrogen-bond donors (Lipinski definition) is 0. The maximum atomic E-state index is 12.7. The van der Waals surface area contributed by atoms with Crippen LogP contribution in [0, 0.1) is 0 Å². The average Bonchev–Trinajstić information content (AvgIpc) is 3.47. The van der Waals surface area contributed by atoms with Gasteiger partial charge in [-0.15, -0.1) is 0 Å². The van der Waals surface area contributed by atoms with Crippen molar-refractivity contribution in [1.82, 2.24) is 9.80 Å². The summed E-state index contributed by atoms with van der Waals surface area (Å²) < 4.78 is 43.8. The van der Waals surface area contributed by atoms with Crippen LogP contribution in [0.1, 0.15) is 17.5 Å². The molecule has 0 saturated carbocycles. The number of carbonyl (C=O) groups is 1. The summed E-state index contributed by atoms with van der Waals surface area (Å²) in [6.07, 6.45) is 1.85. The van der Waals surface area contributed by atoms with E-state index in [2.05, 4.69) is 11.5 Å². The zero-order valence-corrected chi connectivity index (χ0v) is 18.5. The van der Waals surface area contributed by atoms with Crippen molar-refractivity contribution in [2.24, 2.45) is 0 Å². The molecule has 2 aliphatic rings. The minimum absolute atomic E-state index is 0.0452. The van der Waals surface area contributed by atoms with Crippen LogP contribution in [-0.2, 0) is 17.6 Å². The molecule has 33 heavy (non-hydrogen) atoms. The Balaban J connectivity index is 1.33. The fourth-order valence-corrected chi connectivity index (χ4v) is 4.15. The van der Waals surface area contributed by atoms with Crippen LogP contribution in [0.4, 0.5) is 18.9 Å². The van der Waals surface area contributed by atoms with Crippen LogP contribution >= 0.6 is 11.6 Å². The van der Waals surface area contributed by atoms with Crippen molar-refractivity contribution in [2.45, 2.75) is 25.2 Å². The smallest absolute Gasteiger partial charge is 0.416 e. The quantitative estimate of drug-likeness (QED) is 0.531. The van der Waals surface area contributed by atoms with Gasteiger partial charge in [0.05, 0.1) is 17.3 Å². The predicted octanol–water partition coefficient (Wildman–Crippen LogP) is 5.28. The summed E-state index contributed by atoms with van der Waals surface area (Å²) in [7, 11) is 0. The molecule has 0 unspecified atom stereocenters. The van der Waals surface area contributed by atoms with Crippen LogP contribution < -0.4 is 9.64 Å². The molecule has 2 aliphatic heterocycles. The lowest BCUT2D eigenvalue weighted by Gasteiger charge is -2.27. The van der Waals surface area contributed by atoms with Crippen molar-refractivity contribution in [3.05, 3.63) is 83.7 Å². The van der Waals surface area contributed by atoms with E-state index in [0.717, 1.165) is 30.8 Å². The molecule has 0 aliphatic carbocycles. The summed E-state index contributed by atoms with van der Waals surface area (Å²) in [5, 5.41) is 0.412. The van der Waals surface area contributed by atoms with Gasteiger partial charge in [0.15, 0.2) is 0 Å². The minimum atomic E-state index is -4.36. The summed E-state index contributed by atoms with van der Waals surface area (Å²) in [5.41, 5.74) is 0.804. The molecule has 2 heterocycles. The topological polar surface area (TPSA) is 36.0 Å². The number of alkyl halides is 3. The molecule has 0 aromatic heterocycles. The summed E-state index contributed by atoms with van der Waals surface area (Å²) in [5.74, 6) is 0.408. The second-order valence-corrected chi connectivity index (χ2v) is 8.36. The van der Waals surface area contributed by atoms with Crippen LogP contribution in [0.5, 0.6) is 5.75 Å². The third-order valence-electron chi connectivity index (χ3n) is 5.80.